The molecule has 1 atom stereocenters. The topological polar surface area (TPSA) is 36.1 Å². The summed E-state index contributed by atoms with van der Waals surface area (Å²) in [6.07, 6.45) is 6.25. The van der Waals surface area contributed by atoms with E-state index in [1.54, 1.807) is 0 Å². The zero-order valence-electron chi connectivity index (χ0n) is 9.40. The molecule has 1 aromatic rings. The Hall–Kier alpha value is -1.16. The van der Waals surface area contributed by atoms with Gasteiger partial charge in [-0.25, -0.2) is 0 Å². The van der Waals surface area contributed by atoms with E-state index < -0.39 is 0 Å². The van der Waals surface area contributed by atoms with Gasteiger partial charge in [0.1, 0.15) is 4.64 Å². The van der Waals surface area contributed by atoms with E-state index in [9.17, 15) is 4.79 Å². The lowest BCUT2D eigenvalue weighted by atomic mass is 9.94. The predicted molar refractivity (Wildman–Crippen MR) is 65.7 cm³/mol. The van der Waals surface area contributed by atoms with Gasteiger partial charge in [-0.05, 0) is 43.4 Å². The fourth-order valence-electron chi connectivity index (χ4n) is 2.36. The lowest BCUT2D eigenvalue weighted by Crippen LogP contribution is -2.32. The predicted octanol–water partition coefficient (Wildman–Crippen LogP) is 2.74. The monoisotopic (exact) mass is 236 g/mol. The van der Waals surface area contributed by atoms with Crippen molar-refractivity contribution >= 4 is 18.6 Å². The molecule has 4 heteroatoms. The summed E-state index contributed by atoms with van der Waals surface area (Å²) in [5.74, 6) is 0. The molecule has 1 saturated heterocycles. The molecule has 2 heterocycles. The molecule has 1 amide bonds. The summed E-state index contributed by atoms with van der Waals surface area (Å²) in [6, 6.07) is 2.18. The van der Waals surface area contributed by atoms with Crippen LogP contribution in [0.1, 0.15) is 36.4 Å². The molecule has 3 nitrogen and oxygen atoms in total. The lowest BCUT2D eigenvalue weighted by molar-refractivity contribution is -0.121. The van der Waals surface area contributed by atoms with Gasteiger partial charge in [-0.2, -0.15) is 0 Å². The first-order chi connectivity index (χ1) is 7.72. The van der Waals surface area contributed by atoms with Gasteiger partial charge < -0.3 is 9.88 Å². The number of nitrogens with zero attached hydrogens (tertiary/aromatic N) is 1. The minimum Gasteiger partial charge on any atom is -0.353 e. The van der Waals surface area contributed by atoms with E-state index in [1.165, 1.54) is 17.5 Å². The van der Waals surface area contributed by atoms with Gasteiger partial charge in [0.05, 0.1) is 6.04 Å². The first-order valence-electron chi connectivity index (χ1n) is 5.62. The fraction of sp³-hybridized carbons (Fsp3) is 0.500. The van der Waals surface area contributed by atoms with E-state index in [4.69, 9.17) is 12.2 Å². The van der Waals surface area contributed by atoms with Crippen LogP contribution in [0.5, 0.6) is 0 Å². The number of likely N-dealkylation sites (tertiary alicyclic amines) is 1. The van der Waals surface area contributed by atoms with Gasteiger partial charge in [0.25, 0.3) is 0 Å². The second-order valence-electron chi connectivity index (χ2n) is 4.29. The Balaban J connectivity index is 2.34. The number of hydrogen-bond donors (Lipinski definition) is 1. The van der Waals surface area contributed by atoms with Crippen molar-refractivity contribution in [2.75, 3.05) is 6.54 Å². The number of rotatable bonds is 2. The molecule has 0 aliphatic carbocycles. The summed E-state index contributed by atoms with van der Waals surface area (Å²) in [5.41, 5.74) is 2.36. The molecule has 1 fully saturated rings. The number of aromatic amines is 1. The molecule has 0 aromatic carbocycles. The highest BCUT2D eigenvalue weighted by Gasteiger charge is 2.23. The van der Waals surface area contributed by atoms with E-state index in [-0.39, 0.29) is 6.04 Å². The third-order valence-electron chi connectivity index (χ3n) is 3.21. The Labute approximate surface area is 100 Å². The van der Waals surface area contributed by atoms with E-state index >= 15 is 0 Å². The molecule has 0 radical (unpaired) electrons. The average molecular weight is 236 g/mol. The summed E-state index contributed by atoms with van der Waals surface area (Å²) in [4.78, 5) is 16.0. The molecule has 1 N–H and O–H groups in total. The van der Waals surface area contributed by atoms with E-state index in [1.807, 2.05) is 17.2 Å². The number of piperidine rings is 1. The Kier molecular flexibility index (Phi) is 3.39. The molecule has 1 aliphatic heterocycles. The maximum Gasteiger partial charge on any atom is 0.210 e. The molecule has 16 heavy (non-hydrogen) atoms. The largest absolute Gasteiger partial charge is 0.353 e. The van der Waals surface area contributed by atoms with Gasteiger partial charge in [0.2, 0.25) is 6.41 Å². The highest BCUT2D eigenvalue weighted by atomic mass is 32.1. The van der Waals surface area contributed by atoms with Crippen LogP contribution in [0.25, 0.3) is 0 Å². The normalized spacial score (nSPS) is 20.8. The third-order valence-corrected chi connectivity index (χ3v) is 3.45. The quantitative estimate of drug-likeness (QED) is 0.633. The summed E-state index contributed by atoms with van der Waals surface area (Å²) in [6.45, 7) is 2.92. The average Bonchev–Trinajstić information content (AvgIpc) is 2.29. The summed E-state index contributed by atoms with van der Waals surface area (Å²) >= 11 is 5.08. The van der Waals surface area contributed by atoms with Crippen molar-refractivity contribution < 1.29 is 4.79 Å². The van der Waals surface area contributed by atoms with Crippen LogP contribution in [0, 0.1) is 11.6 Å². The number of pyridine rings is 1. The zero-order valence-corrected chi connectivity index (χ0v) is 10.2. The Morgan fingerprint density at radius 3 is 3.06 bits per heavy atom. The lowest BCUT2D eigenvalue weighted by Gasteiger charge is -2.33. The first-order valence-corrected chi connectivity index (χ1v) is 6.03. The molecule has 0 spiro atoms. The van der Waals surface area contributed by atoms with Gasteiger partial charge in [0.15, 0.2) is 0 Å². The Morgan fingerprint density at radius 1 is 1.56 bits per heavy atom. The standard InChI is InChI=1S/C12H16N2OS/c1-9-6-12(16)13-7-10(9)11-4-2-3-5-14(11)8-15/h6-8,11H,2-5H2,1H3,(H,13,16). The Bertz CT molecular complexity index is 441. The van der Waals surface area contributed by atoms with Crippen LogP contribution in [-0.4, -0.2) is 22.8 Å². The van der Waals surface area contributed by atoms with Gasteiger partial charge >= 0.3 is 0 Å². The highest BCUT2D eigenvalue weighted by Crippen LogP contribution is 2.30. The highest BCUT2D eigenvalue weighted by molar-refractivity contribution is 7.71. The second-order valence-corrected chi connectivity index (χ2v) is 4.73. The van der Waals surface area contributed by atoms with Crippen molar-refractivity contribution in [3.05, 3.63) is 28.0 Å². The van der Waals surface area contributed by atoms with Crippen molar-refractivity contribution in [1.82, 2.24) is 9.88 Å². The summed E-state index contributed by atoms with van der Waals surface area (Å²) in [7, 11) is 0. The van der Waals surface area contributed by atoms with Crippen molar-refractivity contribution in [3.63, 3.8) is 0 Å². The molecule has 1 aliphatic rings. The molecule has 0 bridgehead atoms. The van der Waals surface area contributed by atoms with Crippen LogP contribution in [0.2, 0.25) is 0 Å². The summed E-state index contributed by atoms with van der Waals surface area (Å²) in [5, 5.41) is 0. The minimum atomic E-state index is 0.220. The zero-order chi connectivity index (χ0) is 11.5. The van der Waals surface area contributed by atoms with Gasteiger partial charge in [0, 0.05) is 12.7 Å². The molecular formula is C12H16N2OS. The minimum absolute atomic E-state index is 0.220. The SMILES string of the molecule is Cc1cc(=S)[nH]cc1C1CCCCN1C=O. The van der Waals surface area contributed by atoms with Crippen LogP contribution in [0.3, 0.4) is 0 Å². The van der Waals surface area contributed by atoms with Crippen molar-refractivity contribution in [2.45, 2.75) is 32.2 Å². The summed E-state index contributed by atoms with van der Waals surface area (Å²) < 4.78 is 0.745. The smallest absolute Gasteiger partial charge is 0.210 e. The molecule has 86 valence electrons. The van der Waals surface area contributed by atoms with E-state index in [2.05, 4.69) is 11.9 Å². The number of aryl methyl sites for hydroxylation is 1. The van der Waals surface area contributed by atoms with Crippen LogP contribution in [-0.2, 0) is 4.79 Å². The molecule has 1 unspecified atom stereocenters. The number of aromatic nitrogens is 1. The Morgan fingerprint density at radius 2 is 2.38 bits per heavy atom. The molecule has 2 rings (SSSR count). The number of nitrogens with one attached hydrogen (secondary N) is 1. The van der Waals surface area contributed by atoms with E-state index in [0.717, 1.165) is 30.4 Å². The number of hydrogen-bond acceptors (Lipinski definition) is 2. The number of carbonyl (C=O) groups is 1. The van der Waals surface area contributed by atoms with Crippen molar-refractivity contribution in [2.24, 2.45) is 0 Å². The fourth-order valence-corrected chi connectivity index (χ4v) is 2.59. The number of amides is 1. The maximum atomic E-state index is 11.0. The van der Waals surface area contributed by atoms with Crippen molar-refractivity contribution in [3.8, 4) is 0 Å². The maximum absolute atomic E-state index is 11.0. The van der Waals surface area contributed by atoms with Gasteiger partial charge in [-0.1, -0.05) is 12.2 Å². The van der Waals surface area contributed by atoms with Crippen LogP contribution < -0.4 is 0 Å². The van der Waals surface area contributed by atoms with E-state index in [0.29, 0.717) is 0 Å². The van der Waals surface area contributed by atoms with Crippen molar-refractivity contribution in [1.29, 1.82) is 0 Å². The van der Waals surface area contributed by atoms with Crippen LogP contribution in [0.4, 0.5) is 0 Å². The van der Waals surface area contributed by atoms with Gasteiger partial charge in [-0.15, -0.1) is 0 Å². The molecule has 0 saturated carbocycles. The third kappa shape index (κ3) is 2.16. The molecular weight excluding hydrogens is 220 g/mol. The number of H-pyrrole nitrogens is 1. The van der Waals surface area contributed by atoms with Gasteiger partial charge in [-0.3, -0.25) is 4.79 Å². The second kappa shape index (κ2) is 4.78. The number of carbonyl (C=O) groups excluding carboxylic acids is 1. The van der Waals surface area contributed by atoms with Crippen LogP contribution >= 0.6 is 12.2 Å². The van der Waals surface area contributed by atoms with Crippen LogP contribution in [0.15, 0.2) is 12.3 Å². The first kappa shape index (κ1) is 11.3. The molecule has 1 aromatic heterocycles.